The van der Waals surface area contributed by atoms with Crippen LogP contribution < -0.4 is 15.9 Å². The van der Waals surface area contributed by atoms with E-state index in [0.717, 1.165) is 0 Å². The van der Waals surface area contributed by atoms with Crippen LogP contribution >= 0.6 is 47.7 Å². The van der Waals surface area contributed by atoms with Crippen molar-refractivity contribution in [2.24, 2.45) is 0 Å². The van der Waals surface area contributed by atoms with E-state index in [-0.39, 0.29) is 0 Å². The Morgan fingerprint density at radius 2 is 0.900 bits per heavy atom. The zero-order valence-electron chi connectivity index (χ0n) is 17.0. The van der Waals surface area contributed by atoms with Gasteiger partial charge in [0.25, 0.3) is 0 Å². The molecule has 0 saturated carbocycles. The first-order valence-electron chi connectivity index (χ1n) is 9.96. The van der Waals surface area contributed by atoms with Gasteiger partial charge in [0.05, 0.1) is 6.16 Å². The van der Waals surface area contributed by atoms with E-state index >= 15 is 0 Å². The zero-order valence-corrected chi connectivity index (χ0v) is 22.0. The van der Waals surface area contributed by atoms with Gasteiger partial charge in [-0.2, -0.15) is 0 Å². The Balaban J connectivity index is 0.000000575. The molecule has 0 aliphatic carbocycles. The van der Waals surface area contributed by atoms with Gasteiger partial charge in [0, 0.05) is 0 Å². The normalized spacial score (nSPS) is 12.0. The van der Waals surface area contributed by atoms with E-state index in [1.54, 1.807) is 0 Å². The summed E-state index contributed by atoms with van der Waals surface area (Å²) in [6.07, 6.45) is 6.49. The van der Waals surface area contributed by atoms with Crippen LogP contribution in [0, 0.1) is 0 Å². The van der Waals surface area contributed by atoms with Crippen molar-refractivity contribution in [1.82, 2.24) is 0 Å². The van der Waals surface area contributed by atoms with E-state index in [2.05, 4.69) is 97.9 Å². The van der Waals surface area contributed by atoms with Gasteiger partial charge in [0.15, 0.2) is 0 Å². The van der Waals surface area contributed by atoms with E-state index in [1.165, 1.54) is 47.8 Å². The molecule has 0 heterocycles. The second kappa shape index (κ2) is 13.3. The molecule has 0 radical (unpaired) electrons. The van der Waals surface area contributed by atoms with Crippen LogP contribution in [0.25, 0.3) is 0 Å². The third-order valence-electron chi connectivity index (χ3n) is 4.94. The second-order valence-corrected chi connectivity index (χ2v) is 21.5. The Morgan fingerprint density at radius 1 is 0.567 bits per heavy atom. The van der Waals surface area contributed by atoms with Gasteiger partial charge in [0.1, 0.15) is 23.2 Å². The molecule has 0 saturated heterocycles. The number of hydrogen-bond donors (Lipinski definition) is 0. The van der Waals surface area contributed by atoms with Crippen LogP contribution in [0.5, 0.6) is 0 Å². The summed E-state index contributed by atoms with van der Waals surface area (Å²) in [4.78, 5) is 0. The molecule has 0 fully saturated rings. The average molecular weight is 545 g/mol. The number of rotatable bonds is 8. The van der Waals surface area contributed by atoms with Crippen LogP contribution in [0.2, 0.25) is 0 Å². The topological polar surface area (TPSA) is 0 Å². The maximum atomic E-state index is 4.95. The molecule has 165 valence electrons. The minimum absolute atomic E-state index is 1.25. The van der Waals surface area contributed by atoms with Gasteiger partial charge in [-0.3, -0.25) is 0 Å². The fourth-order valence-corrected chi connectivity index (χ4v) is 8.07. The molecule has 0 nitrogen and oxygen atoms in total. The van der Waals surface area contributed by atoms with Crippen molar-refractivity contribution in [3.05, 3.63) is 91.0 Å². The Kier molecular flexibility index (Phi) is 11.6. The van der Waals surface area contributed by atoms with Crippen LogP contribution in [0.4, 0.5) is 0 Å². The van der Waals surface area contributed by atoms with Crippen molar-refractivity contribution >= 4 is 63.6 Å². The number of halogens is 4. The van der Waals surface area contributed by atoms with Gasteiger partial charge >= 0.3 is 49.6 Å². The molecule has 0 spiro atoms. The summed E-state index contributed by atoms with van der Waals surface area (Å²) in [6, 6.07) is 33.6. The molecule has 30 heavy (non-hydrogen) atoms. The van der Waals surface area contributed by atoms with Crippen molar-refractivity contribution < 1.29 is 9.20 Å². The monoisotopic (exact) mass is 543 g/mol. The van der Waals surface area contributed by atoms with Gasteiger partial charge in [-0.1, -0.05) is 74.4 Å². The molecule has 0 unspecified atom stereocenters. The molecule has 3 aromatic carbocycles. The molecule has 0 aromatic heterocycles. The molecular weight excluding hydrogens is 517 g/mol. The molecule has 0 bridgehead atoms. The summed E-state index contributed by atoms with van der Waals surface area (Å²) in [7, 11) is 15.6. The van der Waals surface area contributed by atoms with Gasteiger partial charge in [-0.05, 0) is 49.2 Å². The summed E-state index contributed by atoms with van der Waals surface area (Å²) in [5, 5.41) is 4.51. The van der Waals surface area contributed by atoms with Crippen molar-refractivity contribution in [2.75, 3.05) is 6.16 Å². The molecule has 0 N–H and O–H groups in total. The van der Waals surface area contributed by atoms with Crippen molar-refractivity contribution in [3.8, 4) is 0 Å². The standard InChI is InChI=1S/C24H28P.4ClH.Fe/c1-2-3-4-14-21-25(22-15-8-5-9-16-22,23-17-10-6-11-18-23)24-19-12-7-13-20-24;;;;;/h5-13,15-20H,2-4,14,21H2,1H3;4*1H;/q+1;;;;;+3/p-4. The SMILES string of the molecule is CCCCCC[P+](c1ccccc1)(c1ccccc1)c1ccccc1.[Cl][Fe-]([Cl])([Cl])[Cl]. The van der Waals surface area contributed by atoms with Gasteiger partial charge in [-0.15, -0.1) is 0 Å². The van der Waals surface area contributed by atoms with Crippen molar-refractivity contribution in [3.63, 3.8) is 0 Å². The minimum atomic E-state index is -2.61. The van der Waals surface area contributed by atoms with Gasteiger partial charge in [0.2, 0.25) is 0 Å². The summed E-state index contributed by atoms with van der Waals surface area (Å²) in [5.41, 5.74) is 0. The molecule has 0 aliphatic rings. The zero-order chi connectivity index (χ0) is 21.9. The Hall–Kier alpha value is -0.231. The predicted octanol–water partition coefficient (Wildman–Crippen LogP) is 8.32. The molecular formula is C24H28Cl4FeP. The van der Waals surface area contributed by atoms with Crippen LogP contribution in [0.3, 0.4) is 0 Å². The van der Waals surface area contributed by atoms with Crippen molar-refractivity contribution in [1.29, 1.82) is 0 Å². The predicted molar refractivity (Wildman–Crippen MR) is 138 cm³/mol. The first-order valence-corrected chi connectivity index (χ1v) is 18.0. The number of benzene rings is 3. The number of unbranched alkanes of at least 4 members (excludes halogenated alkanes) is 3. The molecule has 3 rings (SSSR count). The fraction of sp³-hybridized carbons (Fsp3) is 0.250. The molecule has 6 heteroatoms. The third-order valence-corrected chi connectivity index (χ3v) is 9.46. The van der Waals surface area contributed by atoms with Gasteiger partial charge < -0.3 is 0 Å². The van der Waals surface area contributed by atoms with E-state index in [1.807, 2.05) is 0 Å². The summed E-state index contributed by atoms with van der Waals surface area (Å²) in [6.45, 7) is 2.29. The summed E-state index contributed by atoms with van der Waals surface area (Å²) >= 11 is 0. The first kappa shape index (κ1) is 26.0. The van der Waals surface area contributed by atoms with Crippen LogP contribution in [0.15, 0.2) is 91.0 Å². The molecule has 3 aromatic rings. The van der Waals surface area contributed by atoms with Crippen LogP contribution in [0.1, 0.15) is 32.6 Å². The fourth-order valence-electron chi connectivity index (χ4n) is 3.66. The summed E-state index contributed by atoms with van der Waals surface area (Å²) in [5.74, 6) is 0. The van der Waals surface area contributed by atoms with Crippen molar-refractivity contribution in [2.45, 2.75) is 32.6 Å². The van der Waals surface area contributed by atoms with E-state index in [9.17, 15) is 0 Å². The maximum absolute atomic E-state index is 4.95. The van der Waals surface area contributed by atoms with E-state index < -0.39 is 16.5 Å². The Bertz CT molecular complexity index is 737. The molecule has 0 aliphatic heterocycles. The molecule has 0 amide bonds. The Morgan fingerprint density at radius 3 is 1.20 bits per heavy atom. The average Bonchev–Trinajstić information content (AvgIpc) is 2.75. The first-order chi connectivity index (χ1) is 14.4. The van der Waals surface area contributed by atoms with Crippen LogP contribution in [-0.2, 0) is 9.20 Å². The van der Waals surface area contributed by atoms with E-state index in [0.29, 0.717) is 0 Å². The third kappa shape index (κ3) is 8.37. The second-order valence-electron chi connectivity index (χ2n) is 6.90. The van der Waals surface area contributed by atoms with E-state index in [4.69, 9.17) is 40.4 Å². The van der Waals surface area contributed by atoms with Crippen LogP contribution in [-0.4, -0.2) is 6.16 Å². The quantitative estimate of drug-likeness (QED) is 0.152. The Labute approximate surface area is 201 Å². The van der Waals surface area contributed by atoms with Gasteiger partial charge in [-0.25, -0.2) is 0 Å². The number of hydrogen-bond acceptors (Lipinski definition) is 0. The molecule has 0 atom stereocenters. The summed E-state index contributed by atoms with van der Waals surface area (Å²) < 4.78 is 0.